The minimum atomic E-state index is -4.88. The summed E-state index contributed by atoms with van der Waals surface area (Å²) in [6, 6.07) is 9.34. The summed E-state index contributed by atoms with van der Waals surface area (Å²) < 4.78 is 76.6. The molecule has 0 spiro atoms. The number of benzene rings is 2. The third kappa shape index (κ3) is 4.38. The minimum Gasteiger partial charge on any atom is -0.192 e. The van der Waals surface area contributed by atoms with Crippen LogP contribution in [0.25, 0.3) is 12.2 Å². The van der Waals surface area contributed by atoms with Gasteiger partial charge in [-0.25, -0.2) is 0 Å². The number of nitriles is 1. The summed E-state index contributed by atoms with van der Waals surface area (Å²) in [4.78, 5) is 0. The minimum absolute atomic E-state index is 0.0824. The van der Waals surface area contributed by atoms with Gasteiger partial charge in [-0.2, -0.15) is 31.6 Å². The Kier molecular flexibility index (Phi) is 4.69. The molecule has 0 bridgehead atoms. The number of nitrogens with zero attached hydrogens (tertiary/aromatic N) is 1. The fourth-order valence-electron chi connectivity index (χ4n) is 1.94. The molecular formula is C17H9F6N. The van der Waals surface area contributed by atoms with Crippen molar-refractivity contribution in [2.45, 2.75) is 12.4 Å². The van der Waals surface area contributed by atoms with Gasteiger partial charge in [-0.15, -0.1) is 0 Å². The Hall–Kier alpha value is -2.75. The van der Waals surface area contributed by atoms with E-state index in [0.717, 1.165) is 6.08 Å². The Balaban J connectivity index is 2.41. The number of rotatable bonds is 2. The molecular weight excluding hydrogens is 332 g/mol. The predicted octanol–water partition coefficient (Wildman–Crippen LogP) is 5.77. The molecule has 7 heteroatoms. The van der Waals surface area contributed by atoms with Crippen LogP contribution >= 0.6 is 0 Å². The van der Waals surface area contributed by atoms with Crippen LogP contribution in [-0.2, 0) is 12.4 Å². The van der Waals surface area contributed by atoms with Crippen LogP contribution in [0.1, 0.15) is 27.8 Å². The summed E-state index contributed by atoms with van der Waals surface area (Å²) in [6.07, 6.45) is -7.22. The summed E-state index contributed by atoms with van der Waals surface area (Å²) in [7, 11) is 0. The van der Waals surface area contributed by atoms with Crippen molar-refractivity contribution in [2.75, 3.05) is 0 Å². The molecule has 0 amide bonds. The van der Waals surface area contributed by atoms with E-state index in [4.69, 9.17) is 5.26 Å². The first-order valence-electron chi connectivity index (χ1n) is 6.57. The predicted molar refractivity (Wildman–Crippen MR) is 76.5 cm³/mol. The first-order chi connectivity index (χ1) is 11.1. The molecule has 124 valence electrons. The maximum absolute atomic E-state index is 12.8. The molecule has 0 N–H and O–H groups in total. The van der Waals surface area contributed by atoms with Gasteiger partial charge in [0.25, 0.3) is 0 Å². The van der Waals surface area contributed by atoms with Gasteiger partial charge < -0.3 is 0 Å². The molecule has 0 aliphatic rings. The summed E-state index contributed by atoms with van der Waals surface area (Å²) in [6.45, 7) is 0. The normalized spacial score (nSPS) is 12.4. The smallest absolute Gasteiger partial charge is 0.192 e. The molecule has 0 aliphatic carbocycles. The van der Waals surface area contributed by atoms with Crippen LogP contribution in [-0.4, -0.2) is 0 Å². The van der Waals surface area contributed by atoms with Crippen LogP contribution < -0.4 is 0 Å². The lowest BCUT2D eigenvalue weighted by molar-refractivity contribution is -0.143. The first kappa shape index (κ1) is 17.6. The van der Waals surface area contributed by atoms with Gasteiger partial charge in [0.15, 0.2) is 0 Å². The van der Waals surface area contributed by atoms with Crippen LogP contribution in [0.3, 0.4) is 0 Å². The van der Waals surface area contributed by atoms with Crippen molar-refractivity contribution >= 4 is 12.2 Å². The monoisotopic (exact) mass is 341 g/mol. The fraction of sp³-hybridized carbons (Fsp3) is 0.118. The largest absolute Gasteiger partial charge is 0.416 e. The molecule has 1 nitrogen and oxygen atoms in total. The topological polar surface area (TPSA) is 23.8 Å². The van der Waals surface area contributed by atoms with Crippen LogP contribution in [0.2, 0.25) is 0 Å². The molecule has 0 heterocycles. The van der Waals surface area contributed by atoms with Crippen molar-refractivity contribution in [3.05, 3.63) is 70.3 Å². The zero-order valence-corrected chi connectivity index (χ0v) is 11.9. The molecule has 24 heavy (non-hydrogen) atoms. The average molecular weight is 341 g/mol. The Bertz CT molecular complexity index is 760. The van der Waals surface area contributed by atoms with Crippen LogP contribution in [0.4, 0.5) is 26.3 Å². The molecule has 2 rings (SSSR count). The van der Waals surface area contributed by atoms with Gasteiger partial charge >= 0.3 is 12.4 Å². The second-order valence-electron chi connectivity index (χ2n) is 4.91. The van der Waals surface area contributed by atoms with E-state index in [1.807, 2.05) is 6.07 Å². The zero-order chi connectivity index (χ0) is 18.0. The standard InChI is InChI=1S/C17H9F6N/c18-16(19,20)14-7-13(8-15(9-14)17(21,22)23)6-3-11-1-4-12(10-24)5-2-11/h1-9H/b6-3+. The van der Waals surface area contributed by atoms with E-state index in [1.165, 1.54) is 30.3 Å². The second kappa shape index (κ2) is 6.40. The van der Waals surface area contributed by atoms with Gasteiger partial charge in [0.05, 0.1) is 22.8 Å². The highest BCUT2D eigenvalue weighted by Gasteiger charge is 2.36. The van der Waals surface area contributed by atoms with E-state index in [1.54, 1.807) is 0 Å². The van der Waals surface area contributed by atoms with Crippen LogP contribution in [0.15, 0.2) is 42.5 Å². The molecule has 0 radical (unpaired) electrons. The van der Waals surface area contributed by atoms with E-state index in [9.17, 15) is 26.3 Å². The quantitative estimate of drug-likeness (QED) is 0.503. The van der Waals surface area contributed by atoms with E-state index in [0.29, 0.717) is 23.3 Å². The average Bonchev–Trinajstić information content (AvgIpc) is 2.51. The number of hydrogen-bond acceptors (Lipinski definition) is 1. The van der Waals surface area contributed by atoms with Gasteiger partial charge in [-0.05, 0) is 41.5 Å². The van der Waals surface area contributed by atoms with E-state index < -0.39 is 23.5 Å². The molecule has 0 saturated heterocycles. The maximum atomic E-state index is 12.8. The van der Waals surface area contributed by atoms with Crippen molar-refractivity contribution in [2.24, 2.45) is 0 Å². The zero-order valence-electron chi connectivity index (χ0n) is 11.9. The molecule has 0 aliphatic heterocycles. The molecule has 0 atom stereocenters. The van der Waals surface area contributed by atoms with Gasteiger partial charge in [-0.3, -0.25) is 0 Å². The lowest BCUT2D eigenvalue weighted by Gasteiger charge is -2.12. The Morgan fingerprint density at radius 1 is 0.708 bits per heavy atom. The van der Waals surface area contributed by atoms with Crippen molar-refractivity contribution in [3.8, 4) is 6.07 Å². The molecule has 0 unspecified atom stereocenters. The molecule has 2 aromatic carbocycles. The Morgan fingerprint density at radius 2 is 1.17 bits per heavy atom. The number of hydrogen-bond donors (Lipinski definition) is 0. The fourth-order valence-corrected chi connectivity index (χ4v) is 1.94. The third-order valence-corrected chi connectivity index (χ3v) is 3.12. The van der Waals surface area contributed by atoms with E-state index in [2.05, 4.69) is 0 Å². The van der Waals surface area contributed by atoms with Crippen molar-refractivity contribution in [1.82, 2.24) is 0 Å². The highest BCUT2D eigenvalue weighted by molar-refractivity contribution is 5.70. The van der Waals surface area contributed by atoms with Crippen molar-refractivity contribution < 1.29 is 26.3 Å². The Morgan fingerprint density at radius 3 is 1.58 bits per heavy atom. The summed E-state index contributed by atoms with van der Waals surface area (Å²) >= 11 is 0. The van der Waals surface area contributed by atoms with Gasteiger partial charge in [0.2, 0.25) is 0 Å². The van der Waals surface area contributed by atoms with Crippen molar-refractivity contribution in [3.63, 3.8) is 0 Å². The molecule has 0 aromatic heterocycles. The summed E-state index contributed by atoms with van der Waals surface area (Å²) in [5.74, 6) is 0. The molecule has 2 aromatic rings. The number of alkyl halides is 6. The second-order valence-corrected chi connectivity index (χ2v) is 4.91. The Labute approximate surface area is 133 Å². The molecule has 0 fully saturated rings. The molecule has 0 saturated carbocycles. The summed E-state index contributed by atoms with van der Waals surface area (Å²) in [5.41, 5.74) is -2.01. The van der Waals surface area contributed by atoms with E-state index in [-0.39, 0.29) is 11.6 Å². The van der Waals surface area contributed by atoms with Crippen LogP contribution in [0.5, 0.6) is 0 Å². The van der Waals surface area contributed by atoms with Crippen molar-refractivity contribution in [1.29, 1.82) is 5.26 Å². The van der Waals surface area contributed by atoms with Gasteiger partial charge in [0, 0.05) is 0 Å². The lowest BCUT2D eigenvalue weighted by Crippen LogP contribution is -2.11. The van der Waals surface area contributed by atoms with Crippen LogP contribution in [0, 0.1) is 11.3 Å². The third-order valence-electron chi connectivity index (χ3n) is 3.12. The van der Waals surface area contributed by atoms with Gasteiger partial charge in [0.1, 0.15) is 0 Å². The van der Waals surface area contributed by atoms with E-state index >= 15 is 0 Å². The van der Waals surface area contributed by atoms with Gasteiger partial charge in [-0.1, -0.05) is 24.3 Å². The number of halogens is 6. The summed E-state index contributed by atoms with van der Waals surface area (Å²) in [5, 5.41) is 8.67. The lowest BCUT2D eigenvalue weighted by atomic mass is 10.0. The SMILES string of the molecule is N#Cc1ccc(/C=C/c2cc(C(F)(F)F)cc(C(F)(F)F)c2)cc1. The maximum Gasteiger partial charge on any atom is 0.416 e. The highest BCUT2D eigenvalue weighted by atomic mass is 19.4. The first-order valence-corrected chi connectivity index (χ1v) is 6.57. The highest BCUT2D eigenvalue weighted by Crippen LogP contribution is 2.36.